The maximum Gasteiger partial charge on any atom is 0.408 e. The Kier molecular flexibility index (Phi) is 26.5. The van der Waals surface area contributed by atoms with Gasteiger partial charge in [0.05, 0.1) is 44.0 Å². The van der Waals surface area contributed by atoms with Gasteiger partial charge < -0.3 is 105 Å². The summed E-state index contributed by atoms with van der Waals surface area (Å²) in [5.41, 5.74) is 9.54. The highest BCUT2D eigenvalue weighted by molar-refractivity contribution is 5.74. The van der Waals surface area contributed by atoms with Crippen molar-refractivity contribution in [3.8, 4) is 0 Å². The molecule has 12 N–H and O–H groups in total. The molecule has 3 aliphatic heterocycles. The Morgan fingerprint density at radius 3 is 1.34 bits per heavy atom. The molecule has 1 saturated carbocycles. The first-order valence-corrected chi connectivity index (χ1v) is 30.7. The van der Waals surface area contributed by atoms with Crippen molar-refractivity contribution < 1.29 is 101 Å². The summed E-state index contributed by atoms with van der Waals surface area (Å²) in [7, 11) is 0. The number of nitrogens with one attached hydrogen (secondary N) is 6. The molecule has 1 saturated heterocycles. The average molecular weight is 1320 g/mol. The molecule has 9 rings (SSSR count). The SMILES string of the molecule is NC[C@@H]1C=C[C@@H](NC(=O)OCc2ccccc2)[C@@H](O[C@H]2[C@H](O[C@@H]3O[C@H](CO)[C@@H](O[C@H]4O[C@@H](CNC(=O)OCc5ccccc5)C=C[C@H]4NC(=O)OCc4ccccc4)[C@H]3O)[C@@H](O)[C@H](NC(=O)N(O)CCNC(=O)OCc3ccccc3)C[C@@H]2NC(=O)OCc2ccccc2)O1. The standard InChI is InChI=1S/C66H78N8O21/c67-33-46-26-28-48(71-64(81)87-38-43-20-10-3-11-21-43)58(90-46)93-55-51(73-66(83)89-40-45-24-14-5-15-25-45)32-50(70-61(78)74(84)31-30-68-62(79)85-36-41-16-6-1-7-17-41)53(76)57(55)95-60-54(77)56(52(35-75)92-60)94-59-49(72-65(82)88-39-44-22-12-4-13-23-44)29-27-47(91-59)34-69-63(80)86-37-42-18-8-2-9-19-42/h1-29,46-60,75-77,84H,30-40,67H2,(H,68,79)(H,69,80)(H,70,78)(H,71,81)(H,72,82)(H,73,83)/t46-,47+,48+,49+,50+,51-,52+,53-,54+,55+,56+,57+,58+,59+,60-/m0/s1. The molecule has 3 heterocycles. The van der Waals surface area contributed by atoms with Gasteiger partial charge in [-0.2, -0.15) is 0 Å². The van der Waals surface area contributed by atoms with Gasteiger partial charge >= 0.3 is 36.5 Å². The van der Waals surface area contributed by atoms with Crippen LogP contribution in [0.15, 0.2) is 176 Å². The number of hydrogen-bond acceptors (Lipinski definition) is 22. The smallest absolute Gasteiger partial charge is 0.408 e. The van der Waals surface area contributed by atoms with Gasteiger partial charge in [0.25, 0.3) is 0 Å². The summed E-state index contributed by atoms with van der Waals surface area (Å²) in [6.07, 6.45) is -15.8. The molecular formula is C66H78N8O21. The number of alkyl carbamates (subject to hydrolysis) is 5. The Labute approximate surface area is 546 Å². The minimum Gasteiger partial charge on any atom is -0.445 e. The normalized spacial score (nSPS) is 26.0. The largest absolute Gasteiger partial charge is 0.445 e. The van der Waals surface area contributed by atoms with Crippen LogP contribution in [0.1, 0.15) is 34.2 Å². The van der Waals surface area contributed by atoms with E-state index in [0.29, 0.717) is 22.3 Å². The fourth-order valence-corrected chi connectivity index (χ4v) is 10.5. The van der Waals surface area contributed by atoms with Crippen LogP contribution in [0.2, 0.25) is 0 Å². The van der Waals surface area contributed by atoms with Crippen molar-refractivity contribution in [1.29, 1.82) is 0 Å². The summed E-state index contributed by atoms with van der Waals surface area (Å²) in [5, 5.41) is 63.0. The number of hydrogen-bond donors (Lipinski definition) is 11. The highest BCUT2D eigenvalue weighted by Gasteiger charge is 2.54. The van der Waals surface area contributed by atoms with E-state index in [4.69, 9.17) is 57.8 Å². The maximum absolute atomic E-state index is 14.0. The lowest BCUT2D eigenvalue weighted by molar-refractivity contribution is -0.282. The number of aliphatic hydroxyl groups is 3. The van der Waals surface area contributed by atoms with Gasteiger partial charge in [0.1, 0.15) is 81.7 Å². The molecule has 95 heavy (non-hydrogen) atoms. The zero-order chi connectivity index (χ0) is 66.9. The molecule has 0 radical (unpaired) electrons. The van der Waals surface area contributed by atoms with Gasteiger partial charge in [-0.1, -0.05) is 176 Å². The van der Waals surface area contributed by atoms with Crippen molar-refractivity contribution >= 4 is 36.5 Å². The first-order chi connectivity index (χ1) is 46.2. The zero-order valence-corrected chi connectivity index (χ0v) is 51.4. The number of aliphatic hydroxyl groups excluding tert-OH is 3. The van der Waals surface area contributed by atoms with E-state index in [2.05, 4.69) is 31.9 Å². The third-order valence-corrected chi connectivity index (χ3v) is 15.3. The third-order valence-electron chi connectivity index (χ3n) is 15.3. The van der Waals surface area contributed by atoms with Gasteiger partial charge in [-0.3, -0.25) is 5.21 Å². The number of nitrogens with two attached hydrogens (primary N) is 1. The Morgan fingerprint density at radius 1 is 0.463 bits per heavy atom. The van der Waals surface area contributed by atoms with E-state index in [1.807, 2.05) is 6.07 Å². The second kappa shape index (κ2) is 35.9. The number of carbonyl (C=O) groups is 6. The van der Waals surface area contributed by atoms with E-state index in [9.17, 15) is 49.3 Å². The number of carbonyl (C=O) groups excluding carboxylic acids is 6. The Balaban J connectivity index is 0.970. The van der Waals surface area contributed by atoms with Crippen LogP contribution >= 0.6 is 0 Å². The summed E-state index contributed by atoms with van der Waals surface area (Å²) in [5.74, 6) is 0. The molecule has 5 aromatic carbocycles. The first-order valence-electron chi connectivity index (χ1n) is 30.7. The highest BCUT2D eigenvalue weighted by Crippen LogP contribution is 2.35. The second-order valence-corrected chi connectivity index (χ2v) is 22.2. The number of urea groups is 1. The van der Waals surface area contributed by atoms with Crippen LogP contribution in [-0.4, -0.2) is 187 Å². The number of nitrogens with zero attached hydrogens (tertiary/aromatic N) is 1. The second-order valence-electron chi connectivity index (χ2n) is 22.2. The van der Waals surface area contributed by atoms with Crippen LogP contribution in [0.25, 0.3) is 0 Å². The van der Waals surface area contributed by atoms with Crippen molar-refractivity contribution in [1.82, 2.24) is 37.0 Å². The van der Waals surface area contributed by atoms with Gasteiger partial charge in [0.15, 0.2) is 18.9 Å². The monoisotopic (exact) mass is 1320 g/mol. The lowest BCUT2D eigenvalue weighted by Gasteiger charge is -2.47. The molecule has 0 unspecified atom stereocenters. The number of amides is 7. The molecule has 29 heteroatoms. The van der Waals surface area contributed by atoms with Gasteiger partial charge in [-0.25, -0.2) is 33.8 Å². The van der Waals surface area contributed by atoms with Crippen molar-refractivity contribution in [3.63, 3.8) is 0 Å². The molecular weight excluding hydrogens is 1240 g/mol. The molecule has 1 aliphatic carbocycles. The number of rotatable bonds is 27. The topological polar surface area (TPSA) is 386 Å². The first kappa shape index (κ1) is 70.1. The minimum atomic E-state index is -1.94. The predicted octanol–water partition coefficient (Wildman–Crippen LogP) is 4.01. The third kappa shape index (κ3) is 21.4. The lowest BCUT2D eigenvalue weighted by Crippen LogP contribution is -2.68. The fraction of sp³-hybridized carbons (Fsp3) is 0.394. The Bertz CT molecular complexity index is 3280. The van der Waals surface area contributed by atoms with Crippen molar-refractivity contribution in [2.45, 2.75) is 131 Å². The van der Waals surface area contributed by atoms with Crippen LogP contribution in [0.4, 0.5) is 28.8 Å². The van der Waals surface area contributed by atoms with E-state index < -0.39 is 148 Å². The van der Waals surface area contributed by atoms with Crippen molar-refractivity contribution in [2.24, 2.45) is 5.73 Å². The summed E-state index contributed by atoms with van der Waals surface area (Å²) >= 11 is 0. The number of ether oxygens (including phenoxy) is 11. The molecule has 5 aromatic rings. The predicted molar refractivity (Wildman–Crippen MR) is 332 cm³/mol. The summed E-state index contributed by atoms with van der Waals surface area (Å²) in [6.45, 7) is -2.43. The Hall–Kier alpha value is -9.24. The molecule has 7 amide bonds. The molecule has 29 nitrogen and oxygen atoms in total. The van der Waals surface area contributed by atoms with Crippen LogP contribution in [0.3, 0.4) is 0 Å². The summed E-state index contributed by atoms with van der Waals surface area (Å²) < 4.78 is 65.8. The minimum absolute atomic E-state index is 0.0266. The van der Waals surface area contributed by atoms with Crippen LogP contribution in [-0.2, 0) is 85.1 Å². The van der Waals surface area contributed by atoms with E-state index in [-0.39, 0.29) is 57.7 Å². The highest BCUT2D eigenvalue weighted by atomic mass is 16.8. The van der Waals surface area contributed by atoms with Crippen molar-refractivity contribution in [3.05, 3.63) is 204 Å². The summed E-state index contributed by atoms with van der Waals surface area (Å²) in [4.78, 5) is 80.3. The fourth-order valence-electron chi connectivity index (χ4n) is 10.5. The van der Waals surface area contributed by atoms with E-state index in [1.165, 1.54) is 6.08 Å². The van der Waals surface area contributed by atoms with Crippen LogP contribution < -0.4 is 37.6 Å². The number of hydroxylamine groups is 2. The molecule has 0 aromatic heterocycles. The molecule has 0 spiro atoms. The molecule has 4 aliphatic rings. The molecule has 508 valence electrons. The summed E-state index contributed by atoms with van der Waals surface area (Å²) in [6, 6.07) is 37.9. The lowest BCUT2D eigenvalue weighted by atomic mass is 9.83. The van der Waals surface area contributed by atoms with Gasteiger partial charge in [0, 0.05) is 13.1 Å². The van der Waals surface area contributed by atoms with E-state index in [1.54, 1.807) is 164 Å². The van der Waals surface area contributed by atoms with Crippen molar-refractivity contribution in [2.75, 3.05) is 32.8 Å². The van der Waals surface area contributed by atoms with Gasteiger partial charge in [-0.15, -0.1) is 0 Å². The van der Waals surface area contributed by atoms with Crippen LogP contribution in [0, 0.1) is 0 Å². The average Bonchev–Trinajstić information content (AvgIpc) is 1.77. The van der Waals surface area contributed by atoms with Crippen LogP contribution in [0.5, 0.6) is 0 Å². The zero-order valence-electron chi connectivity index (χ0n) is 51.4. The maximum atomic E-state index is 14.0. The quantitative estimate of drug-likeness (QED) is 0.0153. The molecule has 2 fully saturated rings. The molecule has 15 atom stereocenters. The number of benzene rings is 5. The van der Waals surface area contributed by atoms with E-state index >= 15 is 0 Å². The van der Waals surface area contributed by atoms with Gasteiger partial charge in [0.2, 0.25) is 0 Å². The van der Waals surface area contributed by atoms with E-state index in [0.717, 1.165) is 5.56 Å². The Morgan fingerprint density at radius 2 is 0.874 bits per heavy atom. The van der Waals surface area contributed by atoms with Gasteiger partial charge in [-0.05, 0) is 34.2 Å². The molecule has 0 bridgehead atoms.